The van der Waals surface area contributed by atoms with Gasteiger partial charge in [-0.3, -0.25) is 0 Å². The van der Waals surface area contributed by atoms with E-state index in [0.717, 1.165) is 18.2 Å². The third-order valence-corrected chi connectivity index (χ3v) is 3.95. The van der Waals surface area contributed by atoms with Crippen molar-refractivity contribution < 1.29 is 0 Å². The first-order valence-electron chi connectivity index (χ1n) is 7.26. The second kappa shape index (κ2) is 5.23. The molecule has 20 heavy (non-hydrogen) atoms. The molecule has 1 aliphatic carbocycles. The number of anilines is 1. The molecular formula is C17H21N3. The molecule has 0 amide bonds. The van der Waals surface area contributed by atoms with E-state index in [9.17, 15) is 0 Å². The topological polar surface area (TPSA) is 29.0 Å². The smallest absolute Gasteiger partial charge is 0.226 e. The molecule has 1 saturated carbocycles. The van der Waals surface area contributed by atoms with Crippen molar-refractivity contribution in [2.24, 2.45) is 0 Å². The lowest BCUT2D eigenvalue weighted by molar-refractivity contribution is 0.754. The van der Waals surface area contributed by atoms with Crippen molar-refractivity contribution in [3.63, 3.8) is 0 Å². The molecule has 3 heteroatoms. The highest BCUT2D eigenvalue weighted by atomic mass is 15.3. The quantitative estimate of drug-likeness (QED) is 0.848. The number of rotatable bonds is 4. The Hall–Kier alpha value is -1.90. The summed E-state index contributed by atoms with van der Waals surface area (Å²) in [7, 11) is 0. The van der Waals surface area contributed by atoms with Crippen molar-refractivity contribution >= 4 is 5.95 Å². The first-order chi connectivity index (χ1) is 9.63. The zero-order valence-corrected chi connectivity index (χ0v) is 12.4. The van der Waals surface area contributed by atoms with Gasteiger partial charge in [0.15, 0.2) is 0 Å². The molecule has 2 aromatic rings. The van der Waals surface area contributed by atoms with Crippen LogP contribution < -0.4 is 4.90 Å². The van der Waals surface area contributed by atoms with Crippen molar-refractivity contribution in [3.05, 3.63) is 52.8 Å². The van der Waals surface area contributed by atoms with Crippen molar-refractivity contribution in [1.29, 1.82) is 0 Å². The number of benzene rings is 1. The normalized spacial score (nSPS) is 14.3. The van der Waals surface area contributed by atoms with Gasteiger partial charge in [-0.05, 0) is 56.4 Å². The van der Waals surface area contributed by atoms with Crippen LogP contribution in [0.1, 0.15) is 35.2 Å². The van der Waals surface area contributed by atoms with Gasteiger partial charge in [0.05, 0.1) is 0 Å². The second-order valence-electron chi connectivity index (χ2n) is 5.78. The van der Waals surface area contributed by atoms with Crippen molar-refractivity contribution in [3.8, 4) is 0 Å². The summed E-state index contributed by atoms with van der Waals surface area (Å²) in [5, 5.41) is 0. The predicted octanol–water partition coefficient (Wildman–Crippen LogP) is 3.57. The molecule has 1 heterocycles. The minimum Gasteiger partial charge on any atom is -0.334 e. The van der Waals surface area contributed by atoms with Crippen LogP contribution >= 0.6 is 0 Å². The van der Waals surface area contributed by atoms with Gasteiger partial charge in [0.25, 0.3) is 0 Å². The summed E-state index contributed by atoms with van der Waals surface area (Å²) in [5.74, 6) is 0.866. The van der Waals surface area contributed by atoms with E-state index in [2.05, 4.69) is 46.9 Å². The molecule has 0 bridgehead atoms. The molecular weight excluding hydrogens is 246 g/mol. The fourth-order valence-electron chi connectivity index (χ4n) is 2.42. The van der Waals surface area contributed by atoms with E-state index in [1.54, 1.807) is 0 Å². The zero-order chi connectivity index (χ0) is 14.1. The lowest BCUT2D eigenvalue weighted by atomic mass is 10.1. The molecule has 1 aromatic heterocycles. The summed E-state index contributed by atoms with van der Waals surface area (Å²) < 4.78 is 0. The predicted molar refractivity (Wildman–Crippen MR) is 81.9 cm³/mol. The Balaban J connectivity index is 1.86. The van der Waals surface area contributed by atoms with E-state index in [1.165, 1.54) is 29.5 Å². The molecule has 104 valence electrons. The SMILES string of the molecule is Cc1ccnc(N(Cc2ccc(C)c(C)c2)C2CC2)n1. The largest absolute Gasteiger partial charge is 0.334 e. The van der Waals surface area contributed by atoms with E-state index in [4.69, 9.17) is 0 Å². The van der Waals surface area contributed by atoms with Crippen LogP contribution in [-0.2, 0) is 6.54 Å². The lowest BCUT2D eigenvalue weighted by Gasteiger charge is -2.23. The second-order valence-corrected chi connectivity index (χ2v) is 5.78. The molecule has 0 unspecified atom stereocenters. The molecule has 1 aromatic carbocycles. The average molecular weight is 267 g/mol. The summed E-state index contributed by atoms with van der Waals surface area (Å²) in [4.78, 5) is 11.4. The molecule has 1 aliphatic rings. The van der Waals surface area contributed by atoms with Crippen molar-refractivity contribution in [2.45, 2.75) is 46.2 Å². The minimum atomic E-state index is 0.610. The number of aryl methyl sites for hydroxylation is 3. The molecule has 3 rings (SSSR count). The number of hydrogen-bond acceptors (Lipinski definition) is 3. The van der Waals surface area contributed by atoms with Gasteiger partial charge in [-0.1, -0.05) is 18.2 Å². The van der Waals surface area contributed by atoms with Gasteiger partial charge in [-0.25, -0.2) is 9.97 Å². The van der Waals surface area contributed by atoms with Gasteiger partial charge in [0, 0.05) is 24.5 Å². The molecule has 0 spiro atoms. The first-order valence-corrected chi connectivity index (χ1v) is 7.26. The van der Waals surface area contributed by atoms with E-state index < -0.39 is 0 Å². The summed E-state index contributed by atoms with van der Waals surface area (Å²) >= 11 is 0. The van der Waals surface area contributed by atoms with Crippen molar-refractivity contribution in [1.82, 2.24) is 9.97 Å². The van der Waals surface area contributed by atoms with Crippen LogP contribution in [0.15, 0.2) is 30.5 Å². The van der Waals surface area contributed by atoms with Gasteiger partial charge in [0.2, 0.25) is 5.95 Å². The average Bonchev–Trinajstić information content (AvgIpc) is 3.24. The maximum absolute atomic E-state index is 4.59. The Morgan fingerprint density at radius 1 is 1.10 bits per heavy atom. The monoisotopic (exact) mass is 267 g/mol. The summed E-state index contributed by atoms with van der Waals surface area (Å²) in [6.45, 7) is 7.24. The maximum Gasteiger partial charge on any atom is 0.226 e. The molecule has 0 radical (unpaired) electrons. The highest BCUT2D eigenvalue weighted by molar-refractivity contribution is 5.38. The molecule has 0 saturated heterocycles. The Morgan fingerprint density at radius 3 is 2.55 bits per heavy atom. The summed E-state index contributed by atoms with van der Waals surface area (Å²) in [5.41, 5.74) is 5.06. The molecule has 0 aliphatic heterocycles. The first kappa shape index (κ1) is 13.1. The van der Waals surface area contributed by atoms with Crippen LogP contribution in [0.4, 0.5) is 5.95 Å². The van der Waals surface area contributed by atoms with E-state index >= 15 is 0 Å². The summed E-state index contributed by atoms with van der Waals surface area (Å²) in [6, 6.07) is 9.25. The number of hydrogen-bond donors (Lipinski definition) is 0. The molecule has 3 nitrogen and oxygen atoms in total. The molecule has 1 fully saturated rings. The fourth-order valence-corrected chi connectivity index (χ4v) is 2.42. The van der Waals surface area contributed by atoms with E-state index in [1.807, 2.05) is 19.2 Å². The van der Waals surface area contributed by atoms with Gasteiger partial charge in [-0.2, -0.15) is 0 Å². The van der Waals surface area contributed by atoms with Crippen LogP contribution in [0, 0.1) is 20.8 Å². The number of nitrogens with zero attached hydrogens (tertiary/aromatic N) is 3. The Morgan fingerprint density at radius 2 is 1.90 bits per heavy atom. The van der Waals surface area contributed by atoms with Crippen LogP contribution in [-0.4, -0.2) is 16.0 Å². The summed E-state index contributed by atoms with van der Waals surface area (Å²) in [6.07, 6.45) is 4.36. The third-order valence-electron chi connectivity index (χ3n) is 3.95. The van der Waals surface area contributed by atoms with Crippen molar-refractivity contribution in [2.75, 3.05) is 4.90 Å². The van der Waals surface area contributed by atoms with Crippen LogP contribution in [0.5, 0.6) is 0 Å². The highest BCUT2D eigenvalue weighted by Gasteiger charge is 2.30. The third kappa shape index (κ3) is 2.82. The Labute approximate surface area is 120 Å². The van der Waals surface area contributed by atoms with Gasteiger partial charge in [0.1, 0.15) is 0 Å². The fraction of sp³-hybridized carbons (Fsp3) is 0.412. The zero-order valence-electron chi connectivity index (χ0n) is 12.4. The van der Waals surface area contributed by atoms with Gasteiger partial charge < -0.3 is 4.90 Å². The van der Waals surface area contributed by atoms with Crippen LogP contribution in [0.3, 0.4) is 0 Å². The van der Waals surface area contributed by atoms with E-state index in [-0.39, 0.29) is 0 Å². The number of aromatic nitrogens is 2. The molecule has 0 atom stereocenters. The van der Waals surface area contributed by atoms with Gasteiger partial charge >= 0.3 is 0 Å². The highest BCUT2D eigenvalue weighted by Crippen LogP contribution is 2.31. The Bertz CT molecular complexity index is 617. The standard InChI is InChI=1S/C17H21N3/c1-12-4-5-15(10-13(12)2)11-20(16-6-7-16)17-18-9-8-14(3)19-17/h4-5,8-10,16H,6-7,11H2,1-3H3. The lowest BCUT2D eigenvalue weighted by Crippen LogP contribution is -2.27. The molecule has 0 N–H and O–H groups in total. The maximum atomic E-state index is 4.59. The van der Waals surface area contributed by atoms with Gasteiger partial charge in [-0.15, -0.1) is 0 Å². The van der Waals surface area contributed by atoms with E-state index in [0.29, 0.717) is 6.04 Å². The minimum absolute atomic E-state index is 0.610. The Kier molecular flexibility index (Phi) is 3.43. The van der Waals surface area contributed by atoms with Crippen LogP contribution in [0.2, 0.25) is 0 Å². The van der Waals surface area contributed by atoms with Crippen LogP contribution in [0.25, 0.3) is 0 Å².